The van der Waals surface area contributed by atoms with Crippen LogP contribution in [0.5, 0.6) is 5.75 Å². The Balaban J connectivity index is 1.43. The highest BCUT2D eigenvalue weighted by atomic mass is 32.2. The molecule has 0 aliphatic carbocycles. The van der Waals surface area contributed by atoms with Crippen LogP contribution < -0.4 is 15.1 Å². The number of carbonyl (C=O) groups is 1. The molecule has 196 valence electrons. The van der Waals surface area contributed by atoms with E-state index in [1.165, 1.54) is 27.6 Å². The molecule has 2 aromatic heterocycles. The number of rotatable bonds is 10. The Morgan fingerprint density at radius 1 is 1.05 bits per heavy atom. The van der Waals surface area contributed by atoms with Crippen LogP contribution >= 0.6 is 23.3 Å². The molecule has 0 saturated heterocycles. The van der Waals surface area contributed by atoms with Gasteiger partial charge in [-0.25, -0.2) is 4.79 Å². The van der Waals surface area contributed by atoms with Crippen molar-refractivity contribution in [1.29, 1.82) is 0 Å². The zero-order valence-electron chi connectivity index (χ0n) is 21.8. The van der Waals surface area contributed by atoms with Gasteiger partial charge in [0.15, 0.2) is 0 Å². The van der Waals surface area contributed by atoms with Crippen molar-refractivity contribution in [2.45, 2.75) is 50.6 Å². The summed E-state index contributed by atoms with van der Waals surface area (Å²) in [5.41, 5.74) is 4.04. The maximum absolute atomic E-state index is 14.0. The molecule has 0 aliphatic heterocycles. The van der Waals surface area contributed by atoms with Crippen LogP contribution in [0.25, 0.3) is 21.1 Å². The van der Waals surface area contributed by atoms with Crippen LogP contribution in [0, 0.1) is 6.92 Å². The number of aryl methyl sites for hydroxylation is 1. The number of fused-ring (bicyclic) bond motifs is 2. The molecule has 1 unspecified atom stereocenters. The van der Waals surface area contributed by atoms with Gasteiger partial charge in [-0.3, -0.25) is 18.7 Å². The van der Waals surface area contributed by atoms with Gasteiger partial charge in [0.05, 0.1) is 24.7 Å². The molecular formula is C30H31N3O3S2. The van der Waals surface area contributed by atoms with Gasteiger partial charge in [-0.1, -0.05) is 37.6 Å². The summed E-state index contributed by atoms with van der Waals surface area (Å²) < 4.78 is 13.1. The lowest BCUT2D eigenvalue weighted by atomic mass is 10.1. The summed E-state index contributed by atoms with van der Waals surface area (Å²) in [6.07, 6.45) is 1.82. The van der Waals surface area contributed by atoms with E-state index >= 15 is 0 Å². The third-order valence-electron chi connectivity index (χ3n) is 6.83. The predicted molar refractivity (Wildman–Crippen MR) is 157 cm³/mol. The minimum absolute atomic E-state index is 0.0757. The van der Waals surface area contributed by atoms with E-state index in [-0.39, 0.29) is 24.1 Å². The molecule has 1 N–H and O–H groups in total. The fourth-order valence-electron chi connectivity index (χ4n) is 5.04. The average Bonchev–Trinajstić information content (AvgIpc) is 3.47. The molecule has 2 heterocycles. The first-order valence-corrected chi connectivity index (χ1v) is 14.4. The van der Waals surface area contributed by atoms with Gasteiger partial charge in [0.2, 0.25) is 5.91 Å². The first-order chi connectivity index (χ1) is 18.5. The molecule has 0 saturated carbocycles. The van der Waals surface area contributed by atoms with Gasteiger partial charge >= 0.3 is 5.69 Å². The van der Waals surface area contributed by atoms with Crippen molar-refractivity contribution in [3.63, 3.8) is 0 Å². The SMILES string of the molecule is CCCC(CC(=O)NSc1ccc(OC)cc1)n1c(=O)n(Cc2csc3cccc(C)c23)c2ccccc21. The van der Waals surface area contributed by atoms with Gasteiger partial charge in [-0.05, 0) is 84.3 Å². The van der Waals surface area contributed by atoms with E-state index in [4.69, 9.17) is 4.74 Å². The lowest BCUT2D eigenvalue weighted by Gasteiger charge is -2.18. The van der Waals surface area contributed by atoms with Crippen molar-refractivity contribution in [2.24, 2.45) is 0 Å². The third-order valence-corrected chi connectivity index (χ3v) is 8.67. The third kappa shape index (κ3) is 5.24. The second kappa shape index (κ2) is 11.5. The van der Waals surface area contributed by atoms with E-state index in [1.807, 2.05) is 57.7 Å². The second-order valence-corrected chi connectivity index (χ2v) is 11.2. The van der Waals surface area contributed by atoms with Crippen LogP contribution in [-0.2, 0) is 11.3 Å². The van der Waals surface area contributed by atoms with Crippen LogP contribution in [-0.4, -0.2) is 22.2 Å². The van der Waals surface area contributed by atoms with Crippen LogP contribution in [0.4, 0.5) is 0 Å². The molecule has 1 amide bonds. The normalized spacial score (nSPS) is 12.2. The molecule has 0 radical (unpaired) electrons. The van der Waals surface area contributed by atoms with E-state index < -0.39 is 0 Å². The van der Waals surface area contributed by atoms with E-state index in [1.54, 1.807) is 18.4 Å². The van der Waals surface area contributed by atoms with Crippen molar-refractivity contribution in [3.05, 3.63) is 93.7 Å². The highest BCUT2D eigenvalue weighted by molar-refractivity contribution is 7.98. The second-order valence-electron chi connectivity index (χ2n) is 9.39. The largest absolute Gasteiger partial charge is 0.497 e. The first kappa shape index (κ1) is 26.1. The Labute approximate surface area is 230 Å². The molecule has 0 spiro atoms. The monoisotopic (exact) mass is 545 g/mol. The standard InChI is InChI=1S/C30H31N3O3S2/c1-4-8-22(17-28(34)31-38-24-15-13-23(36-3)14-16-24)33-26-11-6-5-10-25(26)32(30(33)35)18-21-19-37-27-12-7-9-20(2)29(21)27/h5-7,9-16,19,22H,4,8,17-18H2,1-3H3,(H,31,34). The van der Waals surface area contributed by atoms with Gasteiger partial charge in [0.1, 0.15) is 5.75 Å². The molecule has 0 aliphatic rings. The fourth-order valence-corrected chi connectivity index (χ4v) is 6.66. The van der Waals surface area contributed by atoms with Gasteiger partial charge in [-0.15, -0.1) is 11.3 Å². The molecule has 6 nitrogen and oxygen atoms in total. The predicted octanol–water partition coefficient (Wildman–Crippen LogP) is 6.94. The number of hydrogen-bond acceptors (Lipinski definition) is 5. The van der Waals surface area contributed by atoms with Gasteiger partial charge in [0, 0.05) is 27.4 Å². The zero-order chi connectivity index (χ0) is 26.6. The van der Waals surface area contributed by atoms with Crippen molar-refractivity contribution in [1.82, 2.24) is 13.9 Å². The highest BCUT2D eigenvalue weighted by Gasteiger charge is 2.23. The molecule has 5 rings (SSSR count). The number of benzene rings is 3. The summed E-state index contributed by atoms with van der Waals surface area (Å²) >= 11 is 2.98. The fraction of sp³-hybridized carbons (Fsp3) is 0.267. The number of para-hydroxylation sites is 2. The number of amides is 1. The van der Waals surface area contributed by atoms with Crippen LogP contribution in [0.15, 0.2) is 81.8 Å². The number of carbonyl (C=O) groups excluding carboxylic acids is 1. The minimum Gasteiger partial charge on any atom is -0.497 e. The van der Waals surface area contributed by atoms with E-state index in [0.717, 1.165) is 40.1 Å². The van der Waals surface area contributed by atoms with Crippen molar-refractivity contribution >= 4 is 50.3 Å². The van der Waals surface area contributed by atoms with Crippen molar-refractivity contribution < 1.29 is 9.53 Å². The highest BCUT2D eigenvalue weighted by Crippen LogP contribution is 2.31. The topological polar surface area (TPSA) is 65.3 Å². The summed E-state index contributed by atoms with van der Waals surface area (Å²) in [6, 6.07) is 21.5. The molecular weight excluding hydrogens is 514 g/mol. The van der Waals surface area contributed by atoms with Crippen LogP contribution in [0.1, 0.15) is 43.4 Å². The minimum atomic E-state index is -0.240. The summed E-state index contributed by atoms with van der Waals surface area (Å²) in [4.78, 5) is 27.9. The molecule has 8 heteroatoms. The van der Waals surface area contributed by atoms with E-state index in [0.29, 0.717) is 6.54 Å². The van der Waals surface area contributed by atoms with Gasteiger partial charge in [-0.2, -0.15) is 0 Å². The molecule has 38 heavy (non-hydrogen) atoms. The summed E-state index contributed by atoms with van der Waals surface area (Å²) in [6.45, 7) is 4.70. The molecule has 1 atom stereocenters. The van der Waals surface area contributed by atoms with Gasteiger partial charge in [0.25, 0.3) is 0 Å². The molecule has 0 bridgehead atoms. The number of hydrogen-bond donors (Lipinski definition) is 1. The number of ether oxygens (including phenoxy) is 1. The molecule has 3 aromatic carbocycles. The molecule has 0 fully saturated rings. The number of nitrogens with one attached hydrogen (secondary N) is 1. The van der Waals surface area contributed by atoms with Crippen molar-refractivity contribution in [3.8, 4) is 5.75 Å². The Kier molecular flexibility index (Phi) is 7.90. The summed E-state index contributed by atoms with van der Waals surface area (Å²) in [7, 11) is 1.63. The lowest BCUT2D eigenvalue weighted by Crippen LogP contribution is -2.30. The van der Waals surface area contributed by atoms with Crippen molar-refractivity contribution in [2.75, 3.05) is 7.11 Å². The molecule has 5 aromatic rings. The Morgan fingerprint density at radius 2 is 1.82 bits per heavy atom. The number of methoxy groups -OCH3 is 1. The average molecular weight is 546 g/mol. The Bertz CT molecular complexity index is 1630. The number of nitrogens with zero attached hydrogens (tertiary/aromatic N) is 2. The summed E-state index contributed by atoms with van der Waals surface area (Å²) in [5.74, 6) is 0.664. The quantitative estimate of drug-likeness (QED) is 0.193. The van der Waals surface area contributed by atoms with E-state index in [9.17, 15) is 9.59 Å². The maximum atomic E-state index is 14.0. The number of aromatic nitrogens is 2. The van der Waals surface area contributed by atoms with E-state index in [2.05, 4.69) is 42.1 Å². The zero-order valence-corrected chi connectivity index (χ0v) is 23.4. The van der Waals surface area contributed by atoms with Gasteiger partial charge < -0.3 is 4.74 Å². The smallest absolute Gasteiger partial charge is 0.329 e. The summed E-state index contributed by atoms with van der Waals surface area (Å²) in [5, 5.41) is 3.38. The van der Waals surface area contributed by atoms with Crippen LogP contribution in [0.2, 0.25) is 0 Å². The Morgan fingerprint density at radius 3 is 2.55 bits per heavy atom. The Hall–Kier alpha value is -3.49. The maximum Gasteiger partial charge on any atom is 0.329 e. The van der Waals surface area contributed by atoms with Crippen LogP contribution in [0.3, 0.4) is 0 Å². The first-order valence-electron chi connectivity index (χ1n) is 12.7. The number of imidazole rings is 1. The lowest BCUT2D eigenvalue weighted by molar-refractivity contribution is -0.120. The number of thiophene rings is 1.